The summed E-state index contributed by atoms with van der Waals surface area (Å²) in [6.07, 6.45) is 1.82. The number of rotatable bonds is 4. The quantitative estimate of drug-likeness (QED) is 0.883. The third-order valence-corrected chi connectivity index (χ3v) is 3.80. The second kappa shape index (κ2) is 4.76. The van der Waals surface area contributed by atoms with Gasteiger partial charge in [0.2, 0.25) is 0 Å². The molecule has 1 unspecified atom stereocenters. The van der Waals surface area contributed by atoms with Gasteiger partial charge in [0.25, 0.3) is 0 Å². The van der Waals surface area contributed by atoms with E-state index in [9.17, 15) is 0 Å². The summed E-state index contributed by atoms with van der Waals surface area (Å²) < 4.78 is 1.89. The van der Waals surface area contributed by atoms with Crippen LogP contribution in [-0.2, 0) is 13.6 Å². The molecule has 86 valence electrons. The third-order valence-electron chi connectivity index (χ3n) is 2.69. The summed E-state index contributed by atoms with van der Waals surface area (Å²) >= 11 is 1.70. The average molecular weight is 236 g/mol. The predicted octanol–water partition coefficient (Wildman–Crippen LogP) is 2.04. The first-order chi connectivity index (χ1) is 7.68. The minimum Gasteiger partial charge on any atom is -0.304 e. The zero-order valence-electron chi connectivity index (χ0n) is 9.77. The summed E-state index contributed by atoms with van der Waals surface area (Å²) in [5, 5.41) is 7.62. The molecule has 1 N–H and O–H groups in total. The predicted molar refractivity (Wildman–Crippen MR) is 65.3 cm³/mol. The summed E-state index contributed by atoms with van der Waals surface area (Å²) in [6.45, 7) is 5.04. The molecule has 0 saturated carbocycles. The van der Waals surface area contributed by atoms with Crippen molar-refractivity contribution in [2.75, 3.05) is 0 Å². The van der Waals surface area contributed by atoms with Gasteiger partial charge in [-0.2, -0.15) is 5.10 Å². The number of nitrogens with zero attached hydrogens (tertiary/aromatic N) is 3. The minimum absolute atomic E-state index is 0.336. The normalized spacial score (nSPS) is 12.9. The molecule has 0 spiro atoms. The van der Waals surface area contributed by atoms with Crippen LogP contribution in [0.5, 0.6) is 0 Å². The fraction of sp³-hybridized carbons (Fsp3) is 0.455. The van der Waals surface area contributed by atoms with Gasteiger partial charge in [-0.1, -0.05) is 0 Å². The molecule has 0 bridgehead atoms. The van der Waals surface area contributed by atoms with Gasteiger partial charge in [-0.3, -0.25) is 4.68 Å². The Balaban J connectivity index is 1.97. The van der Waals surface area contributed by atoms with Crippen LogP contribution in [0.3, 0.4) is 0 Å². The monoisotopic (exact) mass is 236 g/mol. The molecule has 2 heterocycles. The van der Waals surface area contributed by atoms with Crippen LogP contribution in [-0.4, -0.2) is 14.8 Å². The Morgan fingerprint density at radius 1 is 1.56 bits per heavy atom. The van der Waals surface area contributed by atoms with E-state index in [1.165, 1.54) is 10.6 Å². The van der Waals surface area contributed by atoms with Crippen molar-refractivity contribution in [3.8, 4) is 0 Å². The fourth-order valence-corrected chi connectivity index (χ4v) is 2.49. The first-order valence-corrected chi connectivity index (χ1v) is 6.16. The maximum Gasteiger partial charge on any atom is 0.0798 e. The van der Waals surface area contributed by atoms with E-state index in [4.69, 9.17) is 0 Å². The lowest BCUT2D eigenvalue weighted by molar-refractivity contribution is 0.552. The Hall–Kier alpha value is -1.20. The van der Waals surface area contributed by atoms with E-state index in [0.717, 1.165) is 12.2 Å². The molecule has 2 aromatic rings. The highest BCUT2D eigenvalue weighted by atomic mass is 32.1. The lowest BCUT2D eigenvalue weighted by Gasteiger charge is -2.12. The van der Waals surface area contributed by atoms with Gasteiger partial charge in [-0.05, 0) is 19.9 Å². The van der Waals surface area contributed by atoms with Crippen LogP contribution >= 0.6 is 11.3 Å². The average Bonchev–Trinajstić information content (AvgIpc) is 2.84. The van der Waals surface area contributed by atoms with Crippen LogP contribution in [0.1, 0.15) is 29.2 Å². The van der Waals surface area contributed by atoms with E-state index in [2.05, 4.69) is 22.3 Å². The van der Waals surface area contributed by atoms with Gasteiger partial charge in [0.15, 0.2) is 0 Å². The zero-order valence-corrected chi connectivity index (χ0v) is 10.6. The molecule has 5 heteroatoms. The second-order valence-corrected chi connectivity index (χ2v) is 4.74. The molecule has 0 fully saturated rings. The van der Waals surface area contributed by atoms with Crippen molar-refractivity contribution in [2.24, 2.45) is 7.05 Å². The van der Waals surface area contributed by atoms with Gasteiger partial charge in [-0.15, -0.1) is 11.3 Å². The molecule has 0 radical (unpaired) electrons. The van der Waals surface area contributed by atoms with E-state index < -0.39 is 0 Å². The van der Waals surface area contributed by atoms with E-state index in [1.807, 2.05) is 36.4 Å². The molecule has 1 atom stereocenters. The molecule has 0 aliphatic carbocycles. The minimum atomic E-state index is 0.336. The first kappa shape index (κ1) is 11.3. The molecule has 4 nitrogen and oxygen atoms in total. The van der Waals surface area contributed by atoms with E-state index in [1.54, 1.807) is 11.3 Å². The molecule has 16 heavy (non-hydrogen) atoms. The van der Waals surface area contributed by atoms with E-state index in [0.29, 0.717) is 6.04 Å². The molecule has 2 rings (SSSR count). The van der Waals surface area contributed by atoms with Gasteiger partial charge in [0.05, 0.1) is 16.9 Å². The zero-order chi connectivity index (χ0) is 11.5. The van der Waals surface area contributed by atoms with Crippen molar-refractivity contribution in [3.63, 3.8) is 0 Å². The van der Waals surface area contributed by atoms with Crippen LogP contribution in [0, 0.1) is 6.92 Å². The third kappa shape index (κ3) is 2.31. The summed E-state index contributed by atoms with van der Waals surface area (Å²) in [7, 11) is 1.96. The number of hydrogen-bond donors (Lipinski definition) is 1. The van der Waals surface area contributed by atoms with Crippen molar-refractivity contribution in [3.05, 3.63) is 34.0 Å². The largest absolute Gasteiger partial charge is 0.304 e. The molecule has 0 amide bonds. The van der Waals surface area contributed by atoms with Gasteiger partial charge < -0.3 is 5.32 Å². The highest BCUT2D eigenvalue weighted by Gasteiger charge is 2.10. The van der Waals surface area contributed by atoms with Crippen LogP contribution in [0.2, 0.25) is 0 Å². The van der Waals surface area contributed by atoms with Crippen LogP contribution in [0.4, 0.5) is 0 Å². The fourth-order valence-electron chi connectivity index (χ4n) is 1.65. The van der Waals surface area contributed by atoms with Crippen molar-refractivity contribution in [1.29, 1.82) is 0 Å². The summed E-state index contributed by atoms with van der Waals surface area (Å²) in [5.41, 5.74) is 4.21. The molecule has 0 saturated heterocycles. The van der Waals surface area contributed by atoms with Gasteiger partial charge in [0, 0.05) is 30.7 Å². The van der Waals surface area contributed by atoms with Crippen LogP contribution in [0.15, 0.2) is 17.8 Å². The molecule has 0 aromatic carbocycles. The number of hydrogen-bond acceptors (Lipinski definition) is 4. The maximum absolute atomic E-state index is 4.26. The van der Waals surface area contributed by atoms with Gasteiger partial charge in [-0.25, -0.2) is 4.98 Å². The Morgan fingerprint density at radius 2 is 2.38 bits per heavy atom. The molecular formula is C11H16N4S. The SMILES string of the molecule is Cc1ncsc1C(C)NCc1ccnn1C. The first-order valence-electron chi connectivity index (χ1n) is 5.28. The summed E-state index contributed by atoms with van der Waals surface area (Å²) in [5.74, 6) is 0. The lowest BCUT2D eigenvalue weighted by Crippen LogP contribution is -2.19. The highest BCUT2D eigenvalue weighted by Crippen LogP contribution is 2.21. The van der Waals surface area contributed by atoms with Gasteiger partial charge in [0.1, 0.15) is 0 Å². The Morgan fingerprint density at radius 3 is 2.94 bits per heavy atom. The van der Waals surface area contributed by atoms with Crippen LogP contribution < -0.4 is 5.32 Å². The van der Waals surface area contributed by atoms with E-state index >= 15 is 0 Å². The highest BCUT2D eigenvalue weighted by molar-refractivity contribution is 7.09. The smallest absolute Gasteiger partial charge is 0.0798 e. The Labute approximate surface area is 99.3 Å². The van der Waals surface area contributed by atoms with E-state index in [-0.39, 0.29) is 0 Å². The Bertz CT molecular complexity index is 460. The standard InChI is InChI=1S/C11H16N4S/c1-8(11-9(2)13-7-16-11)12-6-10-4-5-14-15(10)3/h4-5,7-8,12H,6H2,1-3H3. The number of aryl methyl sites for hydroxylation is 2. The Kier molecular flexibility index (Phi) is 3.36. The van der Waals surface area contributed by atoms with Crippen molar-refractivity contribution in [1.82, 2.24) is 20.1 Å². The second-order valence-electron chi connectivity index (χ2n) is 3.85. The molecule has 0 aliphatic rings. The van der Waals surface area contributed by atoms with Crippen molar-refractivity contribution >= 4 is 11.3 Å². The summed E-state index contributed by atoms with van der Waals surface area (Å²) in [4.78, 5) is 5.57. The molecular weight excluding hydrogens is 220 g/mol. The number of thiazole rings is 1. The van der Waals surface area contributed by atoms with Crippen molar-refractivity contribution in [2.45, 2.75) is 26.4 Å². The number of nitrogens with one attached hydrogen (secondary N) is 1. The molecule has 2 aromatic heterocycles. The summed E-state index contributed by atoms with van der Waals surface area (Å²) in [6, 6.07) is 2.36. The topological polar surface area (TPSA) is 42.7 Å². The van der Waals surface area contributed by atoms with Crippen LogP contribution in [0.25, 0.3) is 0 Å². The van der Waals surface area contributed by atoms with Gasteiger partial charge >= 0.3 is 0 Å². The molecule has 0 aliphatic heterocycles. The van der Waals surface area contributed by atoms with Crippen molar-refractivity contribution < 1.29 is 0 Å². The maximum atomic E-state index is 4.26. The lowest BCUT2D eigenvalue weighted by atomic mass is 10.2. The number of aromatic nitrogens is 3.